The Bertz CT molecular complexity index is 836. The van der Waals surface area contributed by atoms with E-state index in [0.717, 1.165) is 16.1 Å². The average Bonchev–Trinajstić information content (AvgIpc) is 3.11. The maximum atomic E-state index is 12.2. The van der Waals surface area contributed by atoms with Gasteiger partial charge in [0.1, 0.15) is 15.6 Å². The second-order valence-electron chi connectivity index (χ2n) is 5.10. The molecule has 0 fully saturated rings. The minimum atomic E-state index is -2.85. The third kappa shape index (κ3) is 4.60. The predicted octanol–water partition coefficient (Wildman–Crippen LogP) is 4.34. The van der Waals surface area contributed by atoms with Crippen LogP contribution in [0.4, 0.5) is 8.78 Å². The molecule has 4 nitrogen and oxygen atoms in total. The fourth-order valence-corrected chi connectivity index (χ4v) is 2.99. The Labute approximate surface area is 147 Å². The molecule has 0 unspecified atom stereocenters. The number of aromatic nitrogens is 1. The van der Waals surface area contributed by atoms with Crippen molar-refractivity contribution < 1.29 is 18.3 Å². The van der Waals surface area contributed by atoms with Crippen molar-refractivity contribution in [1.82, 2.24) is 10.3 Å². The van der Waals surface area contributed by atoms with Gasteiger partial charge in [-0.2, -0.15) is 8.78 Å². The topological polar surface area (TPSA) is 51.2 Å². The summed E-state index contributed by atoms with van der Waals surface area (Å²) in [6.45, 7) is -2.57. The summed E-state index contributed by atoms with van der Waals surface area (Å²) in [4.78, 5) is 17.0. The first-order valence-electron chi connectivity index (χ1n) is 7.45. The molecular weight excluding hydrogens is 346 g/mol. The highest BCUT2D eigenvalue weighted by Gasteiger charge is 2.11. The Hall–Kier alpha value is -2.80. The molecule has 1 aromatic heterocycles. The van der Waals surface area contributed by atoms with Crippen molar-refractivity contribution in [2.24, 2.45) is 0 Å². The quantitative estimate of drug-likeness (QED) is 0.711. The van der Waals surface area contributed by atoms with Gasteiger partial charge in [-0.3, -0.25) is 4.79 Å². The van der Waals surface area contributed by atoms with Gasteiger partial charge in [0.2, 0.25) is 0 Å². The van der Waals surface area contributed by atoms with Crippen molar-refractivity contribution in [3.05, 3.63) is 71.2 Å². The van der Waals surface area contributed by atoms with Crippen LogP contribution in [-0.2, 0) is 6.54 Å². The van der Waals surface area contributed by atoms with Crippen LogP contribution in [0.25, 0.3) is 10.6 Å². The Morgan fingerprint density at radius 2 is 1.84 bits per heavy atom. The predicted molar refractivity (Wildman–Crippen MR) is 91.8 cm³/mol. The van der Waals surface area contributed by atoms with E-state index in [9.17, 15) is 13.6 Å². The molecule has 25 heavy (non-hydrogen) atoms. The number of carbonyl (C=O) groups excluding carboxylic acids is 1. The molecule has 0 bridgehead atoms. The van der Waals surface area contributed by atoms with Crippen molar-refractivity contribution in [3.8, 4) is 16.3 Å². The summed E-state index contributed by atoms with van der Waals surface area (Å²) < 4.78 is 28.5. The Kier molecular flexibility index (Phi) is 5.35. The zero-order valence-electron chi connectivity index (χ0n) is 13.0. The molecule has 3 rings (SSSR count). The first-order valence-corrected chi connectivity index (χ1v) is 8.26. The number of nitrogens with one attached hydrogen (secondary N) is 1. The second kappa shape index (κ2) is 7.85. The van der Waals surface area contributed by atoms with Crippen molar-refractivity contribution >= 4 is 17.2 Å². The lowest BCUT2D eigenvalue weighted by Crippen LogP contribution is -2.21. The third-order valence-corrected chi connectivity index (χ3v) is 4.40. The summed E-state index contributed by atoms with van der Waals surface area (Å²) in [5.74, 6) is -0.146. The normalized spacial score (nSPS) is 10.7. The van der Waals surface area contributed by atoms with Crippen LogP contribution in [0.1, 0.15) is 15.2 Å². The van der Waals surface area contributed by atoms with Crippen LogP contribution in [0.15, 0.2) is 60.8 Å². The lowest BCUT2D eigenvalue weighted by atomic mass is 10.2. The number of amides is 1. The summed E-state index contributed by atoms with van der Waals surface area (Å²) in [5.41, 5.74) is 1.74. The van der Waals surface area contributed by atoms with Crippen molar-refractivity contribution in [1.29, 1.82) is 0 Å². The van der Waals surface area contributed by atoms with E-state index in [1.54, 1.807) is 18.3 Å². The highest BCUT2D eigenvalue weighted by Crippen LogP contribution is 2.24. The van der Waals surface area contributed by atoms with E-state index >= 15 is 0 Å². The lowest BCUT2D eigenvalue weighted by molar-refractivity contribution is -0.0498. The summed E-state index contributed by atoms with van der Waals surface area (Å²) in [6.07, 6.45) is 1.54. The number of thiazole rings is 1. The zero-order valence-corrected chi connectivity index (χ0v) is 13.8. The van der Waals surface area contributed by atoms with Crippen LogP contribution in [0.3, 0.4) is 0 Å². The number of hydrogen-bond donors (Lipinski definition) is 1. The smallest absolute Gasteiger partial charge is 0.387 e. The van der Waals surface area contributed by atoms with Crippen molar-refractivity contribution in [3.63, 3.8) is 0 Å². The first kappa shape index (κ1) is 17.0. The number of hydrogen-bond acceptors (Lipinski definition) is 4. The molecule has 0 aliphatic rings. The molecule has 0 saturated heterocycles. The van der Waals surface area contributed by atoms with Gasteiger partial charge in [-0.1, -0.05) is 42.5 Å². The molecule has 128 valence electrons. The van der Waals surface area contributed by atoms with Crippen LogP contribution in [0, 0.1) is 0 Å². The van der Waals surface area contributed by atoms with Gasteiger partial charge in [-0.15, -0.1) is 11.3 Å². The highest BCUT2D eigenvalue weighted by molar-refractivity contribution is 7.16. The molecule has 0 radical (unpaired) electrons. The lowest BCUT2D eigenvalue weighted by Gasteiger charge is -2.06. The number of rotatable bonds is 6. The molecule has 3 aromatic rings. The standard InChI is InChI=1S/C18H14F2N2O2S/c19-18(20)24-14-8-6-12(7-9-14)10-21-16(23)15-11-22-17(25-15)13-4-2-1-3-5-13/h1-9,11,18H,10H2,(H,21,23). The summed E-state index contributed by atoms with van der Waals surface area (Å²) in [6, 6.07) is 15.7. The first-order chi connectivity index (χ1) is 12.1. The van der Waals surface area contributed by atoms with Crippen molar-refractivity contribution in [2.75, 3.05) is 0 Å². The minimum absolute atomic E-state index is 0.0834. The minimum Gasteiger partial charge on any atom is -0.435 e. The van der Waals surface area contributed by atoms with E-state index in [2.05, 4.69) is 15.0 Å². The number of halogens is 2. The Morgan fingerprint density at radius 3 is 2.52 bits per heavy atom. The molecule has 1 amide bonds. The zero-order chi connectivity index (χ0) is 17.6. The van der Waals surface area contributed by atoms with Gasteiger partial charge in [0.05, 0.1) is 6.20 Å². The van der Waals surface area contributed by atoms with Gasteiger partial charge < -0.3 is 10.1 Å². The van der Waals surface area contributed by atoms with E-state index < -0.39 is 6.61 Å². The number of carbonyl (C=O) groups is 1. The fourth-order valence-electron chi connectivity index (χ4n) is 2.15. The van der Waals surface area contributed by atoms with Gasteiger partial charge in [0, 0.05) is 12.1 Å². The average molecular weight is 360 g/mol. The van der Waals surface area contributed by atoms with E-state index in [0.29, 0.717) is 4.88 Å². The van der Waals surface area contributed by atoms with E-state index in [1.165, 1.54) is 23.5 Å². The van der Waals surface area contributed by atoms with Crippen LogP contribution in [-0.4, -0.2) is 17.5 Å². The number of ether oxygens (including phenoxy) is 1. The molecular formula is C18H14F2N2O2S. The third-order valence-electron chi connectivity index (χ3n) is 3.35. The van der Waals surface area contributed by atoms with E-state index in [-0.39, 0.29) is 18.2 Å². The summed E-state index contributed by atoms with van der Waals surface area (Å²) in [7, 11) is 0. The molecule has 1 heterocycles. The van der Waals surface area contributed by atoms with Crippen LogP contribution in [0.5, 0.6) is 5.75 Å². The highest BCUT2D eigenvalue weighted by atomic mass is 32.1. The van der Waals surface area contributed by atoms with E-state index in [1.807, 2.05) is 30.3 Å². The van der Waals surface area contributed by atoms with E-state index in [4.69, 9.17) is 0 Å². The maximum absolute atomic E-state index is 12.2. The van der Waals surface area contributed by atoms with Gasteiger partial charge in [0.15, 0.2) is 0 Å². The molecule has 0 spiro atoms. The molecule has 0 saturated carbocycles. The Morgan fingerprint density at radius 1 is 1.12 bits per heavy atom. The number of nitrogens with zero attached hydrogens (tertiary/aromatic N) is 1. The van der Waals surface area contributed by atoms with Gasteiger partial charge in [0.25, 0.3) is 5.91 Å². The van der Waals surface area contributed by atoms with Crippen LogP contribution >= 0.6 is 11.3 Å². The number of benzene rings is 2. The molecule has 0 aliphatic heterocycles. The van der Waals surface area contributed by atoms with Gasteiger partial charge in [-0.25, -0.2) is 4.98 Å². The van der Waals surface area contributed by atoms with Crippen LogP contribution < -0.4 is 10.1 Å². The molecule has 2 aromatic carbocycles. The second-order valence-corrected chi connectivity index (χ2v) is 6.13. The van der Waals surface area contributed by atoms with Gasteiger partial charge >= 0.3 is 6.61 Å². The monoisotopic (exact) mass is 360 g/mol. The summed E-state index contributed by atoms with van der Waals surface area (Å²) >= 11 is 1.31. The SMILES string of the molecule is O=C(NCc1ccc(OC(F)F)cc1)c1cnc(-c2ccccc2)s1. The fraction of sp³-hybridized carbons (Fsp3) is 0.111. The Balaban J connectivity index is 1.59. The van der Waals surface area contributed by atoms with Crippen LogP contribution in [0.2, 0.25) is 0 Å². The molecule has 0 aliphatic carbocycles. The molecule has 1 N–H and O–H groups in total. The number of alkyl halides is 2. The molecule has 0 atom stereocenters. The van der Waals surface area contributed by atoms with Crippen molar-refractivity contribution in [2.45, 2.75) is 13.2 Å². The van der Waals surface area contributed by atoms with Gasteiger partial charge in [-0.05, 0) is 17.7 Å². The largest absolute Gasteiger partial charge is 0.435 e. The molecule has 7 heteroatoms. The summed E-state index contributed by atoms with van der Waals surface area (Å²) in [5, 5.41) is 3.56. The maximum Gasteiger partial charge on any atom is 0.387 e.